The highest BCUT2D eigenvalue weighted by Crippen LogP contribution is 1.97. The first kappa shape index (κ1) is 25.4. The minimum atomic E-state index is 0. The monoisotopic (exact) mass is 308 g/mol. The van der Waals surface area contributed by atoms with E-state index in [1.54, 1.807) is 0 Å². The Bertz CT molecular complexity index is 332. The van der Waals surface area contributed by atoms with Crippen molar-refractivity contribution in [3.63, 3.8) is 0 Å². The van der Waals surface area contributed by atoms with Gasteiger partial charge in [-0.05, 0) is 24.0 Å². The van der Waals surface area contributed by atoms with E-state index in [9.17, 15) is 0 Å². The number of rotatable bonds is 2. The molecule has 0 spiro atoms. The summed E-state index contributed by atoms with van der Waals surface area (Å²) in [5, 5.41) is 0. The van der Waals surface area contributed by atoms with Crippen LogP contribution in [-0.4, -0.2) is 0 Å². The molecule has 0 aliphatic carbocycles. The van der Waals surface area contributed by atoms with Crippen molar-refractivity contribution in [2.45, 2.75) is 68.2 Å². The van der Waals surface area contributed by atoms with E-state index in [0.29, 0.717) is 0 Å². The van der Waals surface area contributed by atoms with Crippen LogP contribution < -0.4 is 0 Å². The van der Waals surface area contributed by atoms with Crippen LogP contribution in [0.25, 0.3) is 0 Å². The van der Waals surface area contributed by atoms with E-state index in [-0.39, 0.29) is 2.85 Å². The average Bonchev–Trinajstić information content (AvgIpc) is 2.68. The molecule has 0 radical (unpaired) electrons. The van der Waals surface area contributed by atoms with Gasteiger partial charge in [0.25, 0.3) is 0 Å². The molecule has 0 heterocycles. The lowest BCUT2D eigenvalue weighted by molar-refractivity contribution is 1.14. The summed E-state index contributed by atoms with van der Waals surface area (Å²) in [7, 11) is 0. The fourth-order valence-corrected chi connectivity index (χ4v) is 1.43. The van der Waals surface area contributed by atoms with Gasteiger partial charge in [-0.2, -0.15) is 0 Å². The molecule has 0 nitrogen and oxygen atoms in total. The maximum absolute atomic E-state index is 2.16. The summed E-state index contributed by atoms with van der Waals surface area (Å²) in [5.74, 6) is 0. The zero-order chi connectivity index (χ0) is 17.6. The summed E-state index contributed by atoms with van der Waals surface area (Å²) in [5.41, 5.74) is 2.82. The summed E-state index contributed by atoms with van der Waals surface area (Å²) < 4.78 is 0. The lowest BCUT2D eigenvalue weighted by atomic mass is 10.2. The molecule has 0 aromatic heterocycles. The molecule has 0 aliphatic rings. The van der Waals surface area contributed by atoms with Gasteiger partial charge >= 0.3 is 0 Å². The Balaban J connectivity index is -0.0000000720. The van der Waals surface area contributed by atoms with E-state index in [2.05, 4.69) is 62.4 Å². The van der Waals surface area contributed by atoms with Crippen molar-refractivity contribution in [2.24, 2.45) is 0 Å². The highest BCUT2D eigenvalue weighted by molar-refractivity contribution is 5.14. The van der Waals surface area contributed by atoms with Crippen LogP contribution >= 0.6 is 0 Å². The third-order valence-electron chi connectivity index (χ3n) is 2.50. The molecule has 0 amide bonds. The van der Waals surface area contributed by atoms with Crippen LogP contribution in [0.3, 0.4) is 0 Å². The van der Waals surface area contributed by atoms with E-state index in [0.717, 1.165) is 12.8 Å². The topological polar surface area (TPSA) is 0 Å². The van der Waals surface area contributed by atoms with Crippen LogP contribution in [0.1, 0.15) is 69.4 Å². The van der Waals surface area contributed by atoms with Gasteiger partial charge in [0.05, 0.1) is 0 Å². The van der Waals surface area contributed by atoms with Gasteiger partial charge in [-0.25, -0.2) is 0 Å². The van der Waals surface area contributed by atoms with Crippen molar-refractivity contribution >= 4 is 0 Å². The van der Waals surface area contributed by atoms with E-state index >= 15 is 0 Å². The summed E-state index contributed by atoms with van der Waals surface area (Å²) in [6, 6.07) is 20.9. The van der Waals surface area contributed by atoms with Gasteiger partial charge in [0.2, 0.25) is 0 Å². The molecule has 130 valence electrons. The number of aryl methyl sites for hydroxylation is 2. The molecule has 0 N–H and O–H groups in total. The fraction of sp³-hybridized carbons (Fsp3) is 0.455. The van der Waals surface area contributed by atoms with Crippen molar-refractivity contribution in [1.29, 1.82) is 0 Å². The van der Waals surface area contributed by atoms with Crippen molar-refractivity contribution in [3.8, 4) is 0 Å². The van der Waals surface area contributed by atoms with Gasteiger partial charge in [-0.15, -0.1) is 0 Å². The Morgan fingerprint density at radius 2 is 0.727 bits per heavy atom. The zero-order valence-corrected chi connectivity index (χ0v) is 16.2. The summed E-state index contributed by atoms with van der Waals surface area (Å²) in [6.07, 6.45) is 2.28. The molecular weight excluding hydrogens is 264 g/mol. The highest BCUT2D eigenvalue weighted by Gasteiger charge is 1.80. The first-order chi connectivity index (χ1) is 10.9. The smallest absolute Gasteiger partial charge is 0 e. The molecule has 2 rings (SSSR count). The van der Waals surface area contributed by atoms with E-state index < -0.39 is 0 Å². The largest absolute Gasteiger partial charge is 0.0683 e. The molecule has 0 saturated carbocycles. The quantitative estimate of drug-likeness (QED) is 0.526. The van der Waals surface area contributed by atoms with Gasteiger partial charge in [-0.1, -0.05) is 116 Å². The van der Waals surface area contributed by atoms with Gasteiger partial charge in [-0.3, -0.25) is 0 Å². The van der Waals surface area contributed by atoms with Crippen LogP contribution in [0.5, 0.6) is 0 Å². The van der Waals surface area contributed by atoms with Gasteiger partial charge in [0.15, 0.2) is 0 Å². The number of benzene rings is 2. The maximum Gasteiger partial charge on any atom is 0 e. The van der Waals surface area contributed by atoms with E-state index in [4.69, 9.17) is 0 Å². The molecule has 0 fully saturated rings. The predicted octanol–water partition coefficient (Wildman–Crippen LogP) is 8.07. The third kappa shape index (κ3) is 16.5. The Labute approximate surface area is 143 Å². The molecule has 0 saturated heterocycles. The third-order valence-corrected chi connectivity index (χ3v) is 2.50. The van der Waals surface area contributed by atoms with Crippen molar-refractivity contribution in [1.82, 2.24) is 0 Å². The molecule has 0 aliphatic heterocycles. The second-order valence-electron chi connectivity index (χ2n) is 3.68. The van der Waals surface area contributed by atoms with Crippen LogP contribution in [-0.2, 0) is 12.8 Å². The molecule has 0 bridgehead atoms. The fourth-order valence-electron chi connectivity index (χ4n) is 1.43. The number of hydrogen-bond acceptors (Lipinski definition) is 0. The molecule has 2 aromatic carbocycles. The lowest BCUT2D eigenvalue weighted by Gasteiger charge is -1.89. The first-order valence-electron chi connectivity index (χ1n) is 8.94. The van der Waals surface area contributed by atoms with Gasteiger partial charge in [0.1, 0.15) is 0 Å². The first-order valence-corrected chi connectivity index (χ1v) is 8.94. The van der Waals surface area contributed by atoms with Gasteiger partial charge in [0, 0.05) is 2.85 Å². The van der Waals surface area contributed by atoms with E-state index in [1.807, 2.05) is 53.7 Å². The SMILES string of the molecule is CC.CC.CC.CCc1ccccc1.CCc1ccccc1.[2HH].[2HH]. The predicted molar refractivity (Wildman–Crippen MR) is 110 cm³/mol. The average molecular weight is 309 g/mol. The molecule has 2 aromatic rings. The van der Waals surface area contributed by atoms with E-state index in [1.165, 1.54) is 11.1 Å². The summed E-state index contributed by atoms with van der Waals surface area (Å²) >= 11 is 0. The Hall–Kier alpha value is -1.56. The second kappa shape index (κ2) is 24.5. The minimum absolute atomic E-state index is 0. The lowest BCUT2D eigenvalue weighted by Crippen LogP contribution is -1.73. The Kier molecular flexibility index (Phi) is 28.2. The maximum atomic E-state index is 2.16. The van der Waals surface area contributed by atoms with Gasteiger partial charge < -0.3 is 0 Å². The molecule has 0 atom stereocenters. The van der Waals surface area contributed by atoms with Crippen molar-refractivity contribution in [3.05, 3.63) is 71.8 Å². The molecule has 0 heteroatoms. The Morgan fingerprint density at radius 3 is 0.864 bits per heavy atom. The van der Waals surface area contributed by atoms with Crippen LogP contribution in [0, 0.1) is 0 Å². The number of hydrogen-bond donors (Lipinski definition) is 0. The normalized spacial score (nSPS) is 7.45. The molecule has 22 heavy (non-hydrogen) atoms. The molecular formula is C22H42. The summed E-state index contributed by atoms with van der Waals surface area (Å²) in [4.78, 5) is 0. The molecule has 0 unspecified atom stereocenters. The van der Waals surface area contributed by atoms with Crippen LogP contribution in [0.2, 0.25) is 0 Å². The summed E-state index contributed by atoms with van der Waals surface area (Å²) in [6.45, 7) is 16.3. The second-order valence-corrected chi connectivity index (χ2v) is 3.68. The van der Waals surface area contributed by atoms with Crippen LogP contribution in [0.4, 0.5) is 0 Å². The Morgan fingerprint density at radius 1 is 0.500 bits per heavy atom. The minimum Gasteiger partial charge on any atom is -0.0683 e. The standard InChI is InChI=1S/2C8H10.3C2H6.2H2/c2*1-2-8-6-4-3-5-7-8;3*1-2;;/h2*3-7H,2H2,1H3;3*1-2H3;2*1H/i;;;;;2*1+1. The van der Waals surface area contributed by atoms with Crippen molar-refractivity contribution < 1.29 is 2.85 Å². The highest BCUT2D eigenvalue weighted by atomic mass is 13.9. The van der Waals surface area contributed by atoms with Crippen molar-refractivity contribution in [2.75, 3.05) is 0 Å². The zero-order valence-electron chi connectivity index (χ0n) is 16.2. The van der Waals surface area contributed by atoms with Crippen LogP contribution in [0.15, 0.2) is 60.7 Å².